The summed E-state index contributed by atoms with van der Waals surface area (Å²) < 4.78 is 12.3. The molecule has 2 aromatic carbocycles. The first-order valence-corrected chi connectivity index (χ1v) is 11.7. The van der Waals surface area contributed by atoms with Crippen LogP contribution in [-0.4, -0.2) is 34.0 Å². The van der Waals surface area contributed by atoms with Gasteiger partial charge < -0.3 is 14.2 Å². The van der Waals surface area contributed by atoms with Gasteiger partial charge in [-0.1, -0.05) is 23.4 Å². The number of ether oxygens (including phenoxy) is 1. The zero-order valence-electron chi connectivity index (χ0n) is 18.2. The summed E-state index contributed by atoms with van der Waals surface area (Å²) in [6.07, 6.45) is 2.04. The summed E-state index contributed by atoms with van der Waals surface area (Å²) in [5, 5.41) is 5.09. The van der Waals surface area contributed by atoms with Gasteiger partial charge in [-0.3, -0.25) is 4.79 Å². The zero-order valence-corrected chi connectivity index (χ0v) is 19.0. The third-order valence-electron chi connectivity index (χ3n) is 6.01. The van der Waals surface area contributed by atoms with E-state index in [1.165, 1.54) is 4.70 Å². The molecule has 0 bridgehead atoms. The highest BCUT2D eigenvalue weighted by Gasteiger charge is 2.27. The lowest BCUT2D eigenvalue weighted by atomic mass is 9.98. The second kappa shape index (κ2) is 8.74. The summed E-state index contributed by atoms with van der Waals surface area (Å²) >= 11 is 1.74. The van der Waals surface area contributed by atoms with Gasteiger partial charge in [-0.05, 0) is 57.0 Å². The number of carbonyl (C=O) groups excluding carboxylic acids is 1. The molecular weight excluding hydrogens is 422 g/mol. The van der Waals surface area contributed by atoms with E-state index in [1.807, 2.05) is 55.1 Å². The lowest BCUT2D eigenvalue weighted by Crippen LogP contribution is -2.39. The van der Waals surface area contributed by atoms with Crippen LogP contribution in [0.5, 0.6) is 5.75 Å². The largest absolute Gasteiger partial charge is 0.489 e. The first-order chi connectivity index (χ1) is 15.6. The quantitative estimate of drug-likeness (QED) is 0.404. The summed E-state index contributed by atoms with van der Waals surface area (Å²) in [6, 6.07) is 15.6. The number of rotatable bonds is 5. The average Bonchev–Trinajstić information content (AvgIpc) is 3.40. The number of nitrogens with zero attached hydrogens (tertiary/aromatic N) is 3. The fourth-order valence-electron chi connectivity index (χ4n) is 4.19. The highest BCUT2D eigenvalue weighted by Crippen LogP contribution is 2.33. The Balaban J connectivity index is 1.28. The fourth-order valence-corrected chi connectivity index (χ4v) is 5.29. The third-order valence-corrected chi connectivity index (χ3v) is 7.21. The molecule has 0 unspecified atom stereocenters. The minimum atomic E-state index is 0.0404. The SMILES string of the molecule is Cc1noc(C)c1COc1cccc(C(=O)N2CCC[C@@H](c3nc4ccccc4s3)C2)c1. The summed E-state index contributed by atoms with van der Waals surface area (Å²) in [7, 11) is 0. The summed E-state index contributed by atoms with van der Waals surface area (Å²) in [6.45, 7) is 5.60. The van der Waals surface area contributed by atoms with Gasteiger partial charge in [0, 0.05) is 24.6 Å². The molecule has 6 nitrogen and oxygen atoms in total. The first-order valence-electron chi connectivity index (χ1n) is 10.9. The molecule has 7 heteroatoms. The van der Waals surface area contributed by atoms with Gasteiger partial charge in [0.05, 0.1) is 26.5 Å². The number of hydrogen-bond acceptors (Lipinski definition) is 6. The molecule has 5 rings (SSSR count). The molecule has 0 saturated carbocycles. The van der Waals surface area contributed by atoms with Crippen LogP contribution in [0.15, 0.2) is 53.1 Å². The molecule has 0 aliphatic carbocycles. The van der Waals surface area contributed by atoms with Gasteiger partial charge in [-0.25, -0.2) is 4.98 Å². The average molecular weight is 448 g/mol. The van der Waals surface area contributed by atoms with Crippen molar-refractivity contribution in [3.8, 4) is 5.75 Å². The minimum absolute atomic E-state index is 0.0404. The normalized spacial score (nSPS) is 16.4. The van der Waals surface area contributed by atoms with Gasteiger partial charge in [0.1, 0.15) is 18.1 Å². The molecule has 0 radical (unpaired) electrons. The van der Waals surface area contributed by atoms with Crippen LogP contribution in [0.1, 0.15) is 51.1 Å². The number of para-hydroxylation sites is 1. The summed E-state index contributed by atoms with van der Waals surface area (Å²) in [5.41, 5.74) is 3.45. The van der Waals surface area contributed by atoms with Gasteiger partial charge in [-0.2, -0.15) is 0 Å². The predicted molar refractivity (Wildman–Crippen MR) is 124 cm³/mol. The molecule has 2 aromatic heterocycles. The molecule has 3 heterocycles. The maximum Gasteiger partial charge on any atom is 0.254 e. The number of thiazole rings is 1. The zero-order chi connectivity index (χ0) is 22.1. The van der Waals surface area contributed by atoms with E-state index >= 15 is 0 Å². The van der Waals surface area contributed by atoms with Crippen molar-refractivity contribution in [1.82, 2.24) is 15.0 Å². The Morgan fingerprint density at radius 3 is 2.91 bits per heavy atom. The molecule has 1 aliphatic heterocycles. The van der Waals surface area contributed by atoms with Crippen molar-refractivity contribution < 1.29 is 14.1 Å². The second-order valence-electron chi connectivity index (χ2n) is 8.23. The van der Waals surface area contributed by atoms with Gasteiger partial charge in [-0.15, -0.1) is 11.3 Å². The van der Waals surface area contributed by atoms with Crippen LogP contribution in [-0.2, 0) is 6.61 Å². The number of amides is 1. The van der Waals surface area contributed by atoms with Crippen molar-refractivity contribution in [2.75, 3.05) is 13.1 Å². The van der Waals surface area contributed by atoms with E-state index in [2.05, 4.69) is 17.3 Å². The Morgan fingerprint density at radius 1 is 1.22 bits per heavy atom. The predicted octanol–water partition coefficient (Wildman–Crippen LogP) is 5.50. The van der Waals surface area contributed by atoms with Crippen LogP contribution < -0.4 is 4.74 Å². The molecule has 32 heavy (non-hydrogen) atoms. The molecule has 4 aromatic rings. The molecule has 1 saturated heterocycles. The Hall–Kier alpha value is -3.19. The standard InChI is InChI=1S/C25H25N3O3S/c1-16-21(17(2)31-27-16)15-30-20-9-5-7-18(13-20)25(29)28-12-6-8-19(14-28)24-26-22-10-3-4-11-23(22)32-24/h3-5,7,9-11,13,19H,6,8,12,14-15H2,1-2H3/t19-/m1/s1. The molecule has 0 spiro atoms. The van der Waals surface area contributed by atoms with E-state index in [-0.39, 0.29) is 11.8 Å². The second-order valence-corrected chi connectivity index (χ2v) is 9.29. The van der Waals surface area contributed by atoms with Crippen LogP contribution in [0, 0.1) is 13.8 Å². The number of aromatic nitrogens is 2. The fraction of sp³-hybridized carbons (Fsp3) is 0.320. The van der Waals surface area contributed by atoms with Gasteiger partial charge in [0.25, 0.3) is 5.91 Å². The topological polar surface area (TPSA) is 68.5 Å². The van der Waals surface area contributed by atoms with E-state index in [1.54, 1.807) is 11.3 Å². The van der Waals surface area contributed by atoms with Gasteiger partial charge in [0.2, 0.25) is 0 Å². The van der Waals surface area contributed by atoms with E-state index in [4.69, 9.17) is 14.2 Å². The maximum absolute atomic E-state index is 13.3. The molecule has 1 aliphatic rings. The van der Waals surface area contributed by atoms with Crippen LogP contribution in [0.4, 0.5) is 0 Å². The monoisotopic (exact) mass is 447 g/mol. The summed E-state index contributed by atoms with van der Waals surface area (Å²) in [4.78, 5) is 20.1. The Kier molecular flexibility index (Phi) is 5.66. The van der Waals surface area contributed by atoms with Crippen LogP contribution in [0.3, 0.4) is 0 Å². The smallest absolute Gasteiger partial charge is 0.254 e. The van der Waals surface area contributed by atoms with Crippen LogP contribution in [0.2, 0.25) is 0 Å². The molecular formula is C25H25N3O3S. The minimum Gasteiger partial charge on any atom is -0.489 e. The first kappa shape index (κ1) is 20.7. The molecule has 1 atom stereocenters. The van der Waals surface area contributed by atoms with Crippen molar-refractivity contribution in [3.05, 3.63) is 76.1 Å². The Labute approximate surface area is 190 Å². The lowest BCUT2D eigenvalue weighted by Gasteiger charge is -2.32. The number of fused-ring (bicyclic) bond motifs is 1. The van der Waals surface area contributed by atoms with E-state index in [9.17, 15) is 4.79 Å². The van der Waals surface area contributed by atoms with Crippen LogP contribution >= 0.6 is 11.3 Å². The third kappa shape index (κ3) is 4.12. The van der Waals surface area contributed by atoms with Gasteiger partial charge >= 0.3 is 0 Å². The van der Waals surface area contributed by atoms with Crippen LogP contribution in [0.25, 0.3) is 10.2 Å². The number of aryl methyl sites for hydroxylation is 2. The highest BCUT2D eigenvalue weighted by molar-refractivity contribution is 7.18. The molecule has 164 valence electrons. The van der Waals surface area contributed by atoms with Crippen molar-refractivity contribution in [3.63, 3.8) is 0 Å². The van der Waals surface area contributed by atoms with Crippen molar-refractivity contribution in [2.45, 2.75) is 39.2 Å². The highest BCUT2D eigenvalue weighted by atomic mass is 32.1. The van der Waals surface area contributed by atoms with E-state index in [0.717, 1.165) is 46.9 Å². The van der Waals surface area contributed by atoms with E-state index in [0.29, 0.717) is 24.5 Å². The number of hydrogen-bond donors (Lipinski definition) is 0. The van der Waals surface area contributed by atoms with Crippen molar-refractivity contribution in [1.29, 1.82) is 0 Å². The number of carbonyl (C=O) groups is 1. The van der Waals surface area contributed by atoms with E-state index < -0.39 is 0 Å². The molecule has 0 N–H and O–H groups in total. The maximum atomic E-state index is 13.3. The Bertz CT molecular complexity index is 1210. The molecule has 1 amide bonds. The molecule has 1 fully saturated rings. The van der Waals surface area contributed by atoms with Crippen molar-refractivity contribution >= 4 is 27.5 Å². The number of piperidine rings is 1. The van der Waals surface area contributed by atoms with Gasteiger partial charge in [0.15, 0.2) is 0 Å². The summed E-state index contributed by atoms with van der Waals surface area (Å²) in [5.74, 6) is 1.74. The number of likely N-dealkylation sites (tertiary alicyclic amines) is 1. The number of benzene rings is 2. The van der Waals surface area contributed by atoms with Crippen molar-refractivity contribution in [2.24, 2.45) is 0 Å². The Morgan fingerprint density at radius 2 is 2.09 bits per heavy atom. The lowest BCUT2D eigenvalue weighted by molar-refractivity contribution is 0.0706.